The minimum absolute atomic E-state index is 0. The van der Waals surface area contributed by atoms with Gasteiger partial charge in [0.15, 0.2) is 5.96 Å². The van der Waals surface area contributed by atoms with Crippen LogP contribution in [-0.2, 0) is 13.1 Å². The fourth-order valence-electron chi connectivity index (χ4n) is 3.15. The van der Waals surface area contributed by atoms with Crippen molar-refractivity contribution in [2.24, 2.45) is 4.99 Å². The Kier molecular flexibility index (Phi) is 9.66. The van der Waals surface area contributed by atoms with Crippen molar-refractivity contribution in [2.45, 2.75) is 26.1 Å². The van der Waals surface area contributed by atoms with Crippen LogP contribution >= 0.6 is 24.0 Å². The number of guanidine groups is 1. The van der Waals surface area contributed by atoms with Crippen molar-refractivity contribution in [3.05, 3.63) is 84.2 Å². The van der Waals surface area contributed by atoms with E-state index in [0.29, 0.717) is 12.6 Å². The van der Waals surface area contributed by atoms with E-state index in [1.54, 1.807) is 13.2 Å². The Bertz CT molecular complexity index is 895. The maximum Gasteiger partial charge on any atom is 0.191 e. The maximum atomic E-state index is 4.37. The summed E-state index contributed by atoms with van der Waals surface area (Å²) < 4.78 is 1.94. The molecule has 0 aliphatic rings. The lowest BCUT2D eigenvalue weighted by atomic mass is 10.1. The number of likely N-dealkylation sites (N-methyl/N-ethyl adjacent to an activating group) is 1. The van der Waals surface area contributed by atoms with Crippen LogP contribution in [0.3, 0.4) is 0 Å². The van der Waals surface area contributed by atoms with E-state index in [0.717, 1.165) is 19.0 Å². The van der Waals surface area contributed by atoms with Gasteiger partial charge in [0.25, 0.3) is 0 Å². The van der Waals surface area contributed by atoms with Gasteiger partial charge in [-0.15, -0.1) is 24.0 Å². The Hall–Kier alpha value is -2.55. The first-order valence-electron chi connectivity index (χ1n) is 9.94. The number of benzene rings is 2. The summed E-state index contributed by atoms with van der Waals surface area (Å²) in [5.74, 6) is 0.798. The molecule has 0 spiro atoms. The van der Waals surface area contributed by atoms with Gasteiger partial charge in [0.05, 0.1) is 6.54 Å². The van der Waals surface area contributed by atoms with E-state index >= 15 is 0 Å². The first-order valence-corrected chi connectivity index (χ1v) is 9.94. The number of rotatable bonds is 8. The molecule has 1 heterocycles. The molecule has 0 fully saturated rings. The largest absolute Gasteiger partial charge is 0.370 e. The van der Waals surface area contributed by atoms with E-state index in [2.05, 4.69) is 88.1 Å². The third-order valence-electron chi connectivity index (χ3n) is 5.07. The number of anilines is 1. The molecule has 7 heteroatoms. The smallest absolute Gasteiger partial charge is 0.191 e. The van der Waals surface area contributed by atoms with Gasteiger partial charge in [-0.25, -0.2) is 0 Å². The van der Waals surface area contributed by atoms with E-state index in [9.17, 15) is 0 Å². The molecule has 0 saturated heterocycles. The van der Waals surface area contributed by atoms with Gasteiger partial charge in [-0.05, 0) is 36.2 Å². The zero-order valence-electron chi connectivity index (χ0n) is 17.8. The minimum atomic E-state index is 0. The molecule has 0 amide bonds. The number of hydrogen-bond acceptors (Lipinski definition) is 3. The van der Waals surface area contributed by atoms with Crippen molar-refractivity contribution in [1.29, 1.82) is 0 Å². The molecule has 1 unspecified atom stereocenters. The Morgan fingerprint density at radius 1 is 1.03 bits per heavy atom. The van der Waals surface area contributed by atoms with Gasteiger partial charge in [0, 0.05) is 51.3 Å². The molecular formula is C23H31IN6. The molecule has 0 radical (unpaired) electrons. The number of hydrogen-bond donors (Lipinski definition) is 2. The first-order chi connectivity index (χ1) is 14.2. The lowest BCUT2D eigenvalue weighted by molar-refractivity contribution is 0.646. The third-order valence-corrected chi connectivity index (χ3v) is 5.07. The topological polar surface area (TPSA) is 57.5 Å². The quantitative estimate of drug-likeness (QED) is 0.271. The monoisotopic (exact) mass is 518 g/mol. The van der Waals surface area contributed by atoms with Crippen LogP contribution in [0.25, 0.3) is 0 Å². The number of para-hydroxylation sites is 1. The molecule has 2 N–H and O–H groups in total. The molecule has 2 aromatic carbocycles. The second kappa shape index (κ2) is 12.2. The van der Waals surface area contributed by atoms with E-state index in [-0.39, 0.29) is 24.0 Å². The van der Waals surface area contributed by atoms with Gasteiger partial charge >= 0.3 is 0 Å². The van der Waals surface area contributed by atoms with Crippen molar-refractivity contribution in [2.75, 3.05) is 25.5 Å². The van der Waals surface area contributed by atoms with E-state index < -0.39 is 0 Å². The molecule has 3 rings (SSSR count). The number of aliphatic imine (C=N–C) groups is 1. The molecule has 30 heavy (non-hydrogen) atoms. The van der Waals surface area contributed by atoms with E-state index in [1.807, 2.05) is 23.0 Å². The van der Waals surface area contributed by atoms with Gasteiger partial charge < -0.3 is 15.5 Å². The second-order valence-electron chi connectivity index (χ2n) is 7.07. The summed E-state index contributed by atoms with van der Waals surface area (Å²) in [7, 11) is 3.92. The van der Waals surface area contributed by atoms with Crippen molar-refractivity contribution in [3.8, 4) is 0 Å². The summed E-state index contributed by atoms with van der Waals surface area (Å²) >= 11 is 0. The predicted molar refractivity (Wildman–Crippen MR) is 136 cm³/mol. The van der Waals surface area contributed by atoms with Crippen molar-refractivity contribution >= 4 is 35.6 Å². The van der Waals surface area contributed by atoms with Gasteiger partial charge in [0.2, 0.25) is 0 Å². The zero-order valence-corrected chi connectivity index (χ0v) is 20.2. The highest BCUT2D eigenvalue weighted by molar-refractivity contribution is 14.0. The van der Waals surface area contributed by atoms with Crippen LogP contribution in [0.15, 0.2) is 78.0 Å². The second-order valence-corrected chi connectivity index (χ2v) is 7.07. The van der Waals surface area contributed by atoms with Crippen molar-refractivity contribution < 1.29 is 0 Å². The van der Waals surface area contributed by atoms with Crippen LogP contribution in [-0.4, -0.2) is 42.4 Å². The van der Waals surface area contributed by atoms with Crippen molar-refractivity contribution in [3.63, 3.8) is 0 Å². The minimum Gasteiger partial charge on any atom is -0.370 e. The number of halogens is 1. The summed E-state index contributed by atoms with van der Waals surface area (Å²) in [4.78, 5) is 6.63. The lowest BCUT2D eigenvalue weighted by Crippen LogP contribution is -2.44. The Morgan fingerprint density at radius 3 is 2.40 bits per heavy atom. The summed E-state index contributed by atoms with van der Waals surface area (Å²) in [6.07, 6.45) is 3.79. The summed E-state index contributed by atoms with van der Waals surface area (Å²) in [6.45, 7) is 4.46. The van der Waals surface area contributed by atoms with Crippen molar-refractivity contribution in [1.82, 2.24) is 20.4 Å². The van der Waals surface area contributed by atoms with E-state index in [1.165, 1.54) is 16.8 Å². The van der Waals surface area contributed by atoms with Gasteiger partial charge in [-0.1, -0.05) is 42.5 Å². The van der Waals surface area contributed by atoms with Crippen LogP contribution in [0, 0.1) is 0 Å². The number of nitrogens with zero attached hydrogens (tertiary/aromatic N) is 4. The molecule has 6 nitrogen and oxygen atoms in total. The molecule has 0 bridgehead atoms. The fraction of sp³-hybridized carbons (Fsp3) is 0.304. The molecule has 1 atom stereocenters. The molecule has 0 saturated carbocycles. The molecule has 160 valence electrons. The first kappa shape index (κ1) is 23.7. The summed E-state index contributed by atoms with van der Waals surface area (Å²) in [6, 6.07) is 21.1. The lowest BCUT2D eigenvalue weighted by Gasteiger charge is -2.28. The highest BCUT2D eigenvalue weighted by atomic mass is 127. The standard InChI is InChI=1S/C23H30N6.HI/c1-19(28(3)22-12-5-4-6-13-22)16-25-23(24-2)26-17-20-10-7-8-11-21(20)18-29-15-9-14-27-29;/h4-15,19H,16-18H2,1-3H3,(H2,24,25,26);1H. The highest BCUT2D eigenvalue weighted by Gasteiger charge is 2.11. The third kappa shape index (κ3) is 6.76. The summed E-state index contributed by atoms with van der Waals surface area (Å²) in [5.41, 5.74) is 3.69. The van der Waals surface area contributed by atoms with Gasteiger partial charge in [-0.3, -0.25) is 9.67 Å². The van der Waals surface area contributed by atoms with Crippen LogP contribution in [0.1, 0.15) is 18.1 Å². The normalized spacial score (nSPS) is 12.0. The molecule has 1 aromatic heterocycles. The van der Waals surface area contributed by atoms with E-state index in [4.69, 9.17) is 0 Å². The van der Waals surface area contributed by atoms with Gasteiger partial charge in [0.1, 0.15) is 0 Å². The average molecular weight is 518 g/mol. The SMILES string of the molecule is CN=C(NCc1ccccc1Cn1cccn1)NCC(C)N(C)c1ccccc1.I. The van der Waals surface area contributed by atoms with Crippen LogP contribution < -0.4 is 15.5 Å². The molecule has 3 aromatic rings. The number of nitrogens with one attached hydrogen (secondary N) is 2. The molecule has 0 aliphatic carbocycles. The molecule has 0 aliphatic heterocycles. The predicted octanol–water partition coefficient (Wildman–Crippen LogP) is 3.74. The maximum absolute atomic E-state index is 4.37. The van der Waals surface area contributed by atoms with Crippen LogP contribution in [0.4, 0.5) is 5.69 Å². The average Bonchev–Trinajstić information content (AvgIpc) is 3.28. The Labute approximate surface area is 196 Å². The zero-order chi connectivity index (χ0) is 20.5. The number of aromatic nitrogens is 2. The Balaban J connectivity index is 0.00000320. The van der Waals surface area contributed by atoms with Crippen LogP contribution in [0.5, 0.6) is 0 Å². The van der Waals surface area contributed by atoms with Crippen LogP contribution in [0.2, 0.25) is 0 Å². The molecular weight excluding hydrogens is 487 g/mol. The van der Waals surface area contributed by atoms with Gasteiger partial charge in [-0.2, -0.15) is 5.10 Å². The fourth-order valence-corrected chi connectivity index (χ4v) is 3.15. The summed E-state index contributed by atoms with van der Waals surface area (Å²) in [5, 5.41) is 11.2. The highest BCUT2D eigenvalue weighted by Crippen LogP contribution is 2.13. The Morgan fingerprint density at radius 2 is 1.73 bits per heavy atom.